The number of hydrogen-bond acceptors (Lipinski definition) is 4. The van der Waals surface area contributed by atoms with E-state index >= 15 is 0 Å². The van der Waals surface area contributed by atoms with Crippen LogP contribution in [0.1, 0.15) is 37.7 Å². The zero-order valence-corrected chi connectivity index (χ0v) is 18.1. The third-order valence-electron chi connectivity index (χ3n) is 6.03. The van der Waals surface area contributed by atoms with Gasteiger partial charge >= 0.3 is 0 Å². The lowest BCUT2D eigenvalue weighted by atomic mass is 9.98. The summed E-state index contributed by atoms with van der Waals surface area (Å²) in [5, 5.41) is 8.59. The van der Waals surface area contributed by atoms with Crippen molar-refractivity contribution in [2.75, 3.05) is 13.7 Å². The number of likely N-dealkylation sites (tertiary alicyclic amines) is 1. The number of carbonyl (C=O) groups is 1. The number of hydrogen-bond donors (Lipinski definition) is 0. The molecule has 0 aliphatic carbocycles. The number of ether oxygens (including phenoxy) is 1. The summed E-state index contributed by atoms with van der Waals surface area (Å²) >= 11 is 0. The number of carbonyl (C=O) groups excluding carboxylic acids is 1. The van der Waals surface area contributed by atoms with Crippen molar-refractivity contribution in [3.8, 4) is 17.0 Å². The van der Waals surface area contributed by atoms with Crippen molar-refractivity contribution in [3.63, 3.8) is 0 Å². The first kappa shape index (κ1) is 21.1. The van der Waals surface area contributed by atoms with Crippen LogP contribution < -0.4 is 4.74 Å². The van der Waals surface area contributed by atoms with Crippen molar-refractivity contribution in [1.82, 2.24) is 19.9 Å². The number of benzene rings is 2. The Morgan fingerprint density at radius 2 is 1.90 bits per heavy atom. The summed E-state index contributed by atoms with van der Waals surface area (Å²) < 4.78 is 7.11. The van der Waals surface area contributed by atoms with Gasteiger partial charge in [0, 0.05) is 31.1 Å². The Kier molecular flexibility index (Phi) is 6.97. The highest BCUT2D eigenvalue weighted by Crippen LogP contribution is 2.23. The Bertz CT molecular complexity index is 969. The summed E-state index contributed by atoms with van der Waals surface area (Å²) in [7, 11) is 1.66. The van der Waals surface area contributed by atoms with E-state index in [0.29, 0.717) is 6.42 Å². The average molecular weight is 419 g/mol. The van der Waals surface area contributed by atoms with Gasteiger partial charge in [0.25, 0.3) is 0 Å². The number of methoxy groups -OCH3 is 1. The van der Waals surface area contributed by atoms with Crippen LogP contribution in [0.3, 0.4) is 0 Å². The van der Waals surface area contributed by atoms with Gasteiger partial charge in [0.05, 0.1) is 13.3 Å². The molecule has 2 heterocycles. The molecule has 1 aliphatic heterocycles. The van der Waals surface area contributed by atoms with Crippen LogP contribution in [0.25, 0.3) is 11.3 Å². The highest BCUT2D eigenvalue weighted by molar-refractivity contribution is 5.77. The molecule has 4 rings (SSSR count). The first-order valence-electron chi connectivity index (χ1n) is 11.1. The number of amides is 1. The predicted molar refractivity (Wildman–Crippen MR) is 121 cm³/mol. The topological polar surface area (TPSA) is 60.2 Å². The maximum absolute atomic E-state index is 13.0. The van der Waals surface area contributed by atoms with Gasteiger partial charge in [-0.2, -0.15) is 0 Å². The van der Waals surface area contributed by atoms with Crippen LogP contribution in [0.15, 0.2) is 60.8 Å². The van der Waals surface area contributed by atoms with Crippen LogP contribution in [-0.2, 0) is 17.8 Å². The average Bonchev–Trinajstić information content (AvgIpc) is 3.31. The van der Waals surface area contributed by atoms with Gasteiger partial charge in [-0.3, -0.25) is 9.48 Å². The Balaban J connectivity index is 1.31. The third-order valence-corrected chi connectivity index (χ3v) is 6.03. The van der Waals surface area contributed by atoms with Gasteiger partial charge in [0.1, 0.15) is 11.4 Å². The molecule has 1 saturated heterocycles. The minimum Gasteiger partial charge on any atom is -0.497 e. The molecule has 1 aliphatic rings. The highest BCUT2D eigenvalue weighted by Gasteiger charge is 2.26. The molecule has 3 aromatic rings. The molecule has 0 bridgehead atoms. The van der Waals surface area contributed by atoms with E-state index in [0.717, 1.165) is 55.8 Å². The van der Waals surface area contributed by atoms with Crippen LogP contribution in [0, 0.1) is 0 Å². The van der Waals surface area contributed by atoms with Crippen molar-refractivity contribution >= 4 is 5.91 Å². The summed E-state index contributed by atoms with van der Waals surface area (Å²) in [6, 6.07) is 18.3. The minimum absolute atomic E-state index is 0.254. The normalized spacial score (nSPS) is 16.3. The maximum Gasteiger partial charge on any atom is 0.223 e. The fourth-order valence-corrected chi connectivity index (χ4v) is 4.25. The van der Waals surface area contributed by atoms with Crippen LogP contribution in [0.5, 0.6) is 5.75 Å². The Labute approximate surface area is 183 Å². The van der Waals surface area contributed by atoms with Crippen molar-refractivity contribution in [2.24, 2.45) is 0 Å². The van der Waals surface area contributed by atoms with E-state index in [1.165, 1.54) is 12.0 Å². The van der Waals surface area contributed by atoms with Crippen molar-refractivity contribution < 1.29 is 9.53 Å². The molecule has 1 aromatic heterocycles. The van der Waals surface area contributed by atoms with Crippen LogP contribution in [0.4, 0.5) is 0 Å². The van der Waals surface area contributed by atoms with Gasteiger partial charge in [0.2, 0.25) is 5.91 Å². The fourth-order valence-electron chi connectivity index (χ4n) is 4.25. The van der Waals surface area contributed by atoms with Gasteiger partial charge in [-0.05, 0) is 49.8 Å². The monoisotopic (exact) mass is 418 g/mol. The Morgan fingerprint density at radius 3 is 2.68 bits per heavy atom. The van der Waals surface area contributed by atoms with Crippen molar-refractivity contribution in [1.29, 1.82) is 0 Å². The highest BCUT2D eigenvalue weighted by atomic mass is 16.5. The second-order valence-electron chi connectivity index (χ2n) is 8.11. The summed E-state index contributed by atoms with van der Waals surface area (Å²) in [6.45, 7) is 1.63. The summed E-state index contributed by atoms with van der Waals surface area (Å²) in [4.78, 5) is 15.1. The standard InChI is InChI=1S/C25H30N4O2/c1-31-23-13-10-20(11-14-23)12-15-25(30)29-17-6-5-9-22(29)16-18-28-19-24(26-27-28)21-7-3-2-4-8-21/h2-4,7-8,10-11,13-14,19,22H,5-6,9,12,15-18H2,1H3. The van der Waals surface area contributed by atoms with Gasteiger partial charge in [-0.15, -0.1) is 5.10 Å². The summed E-state index contributed by atoms with van der Waals surface area (Å²) in [6.07, 6.45) is 7.54. The fraction of sp³-hybridized carbons (Fsp3) is 0.400. The first-order valence-corrected chi connectivity index (χ1v) is 11.1. The van der Waals surface area contributed by atoms with Crippen LogP contribution in [0.2, 0.25) is 0 Å². The number of piperidine rings is 1. The van der Waals surface area contributed by atoms with E-state index in [-0.39, 0.29) is 11.9 Å². The number of aromatic nitrogens is 3. The Morgan fingerprint density at radius 1 is 1.10 bits per heavy atom. The molecule has 1 unspecified atom stereocenters. The molecule has 0 saturated carbocycles. The first-order chi connectivity index (χ1) is 15.2. The molecule has 0 radical (unpaired) electrons. The molecular weight excluding hydrogens is 388 g/mol. The molecule has 0 N–H and O–H groups in total. The molecule has 6 heteroatoms. The molecule has 6 nitrogen and oxygen atoms in total. The Hall–Kier alpha value is -3.15. The second-order valence-corrected chi connectivity index (χ2v) is 8.11. The van der Waals surface area contributed by atoms with Crippen molar-refractivity contribution in [2.45, 2.75) is 51.1 Å². The van der Waals surface area contributed by atoms with E-state index in [1.54, 1.807) is 7.11 Å². The van der Waals surface area contributed by atoms with Gasteiger partial charge in [0.15, 0.2) is 0 Å². The van der Waals surface area contributed by atoms with E-state index < -0.39 is 0 Å². The number of nitrogens with zero attached hydrogens (tertiary/aromatic N) is 4. The quantitative estimate of drug-likeness (QED) is 0.545. The molecule has 31 heavy (non-hydrogen) atoms. The summed E-state index contributed by atoms with van der Waals surface area (Å²) in [5.41, 5.74) is 3.12. The van der Waals surface area contributed by atoms with Crippen LogP contribution >= 0.6 is 0 Å². The molecule has 0 spiro atoms. The molecule has 1 fully saturated rings. The third kappa shape index (κ3) is 5.51. The van der Waals surface area contributed by atoms with Crippen molar-refractivity contribution in [3.05, 3.63) is 66.4 Å². The molecule has 1 amide bonds. The van der Waals surface area contributed by atoms with E-state index in [4.69, 9.17) is 4.74 Å². The van der Waals surface area contributed by atoms with Gasteiger partial charge < -0.3 is 9.64 Å². The van der Waals surface area contributed by atoms with Gasteiger partial charge in [-0.25, -0.2) is 0 Å². The molecule has 162 valence electrons. The zero-order chi connectivity index (χ0) is 21.5. The second kappa shape index (κ2) is 10.2. The number of aryl methyl sites for hydroxylation is 2. The number of rotatable bonds is 8. The van der Waals surface area contributed by atoms with E-state index in [2.05, 4.69) is 15.2 Å². The van der Waals surface area contributed by atoms with E-state index in [9.17, 15) is 4.79 Å². The van der Waals surface area contributed by atoms with Gasteiger partial charge in [-0.1, -0.05) is 47.7 Å². The van der Waals surface area contributed by atoms with E-state index in [1.807, 2.05) is 65.5 Å². The predicted octanol–water partition coefficient (Wildman–Crippen LogP) is 4.36. The lowest BCUT2D eigenvalue weighted by Crippen LogP contribution is -2.44. The zero-order valence-electron chi connectivity index (χ0n) is 18.1. The smallest absolute Gasteiger partial charge is 0.223 e. The maximum atomic E-state index is 13.0. The largest absolute Gasteiger partial charge is 0.497 e. The lowest BCUT2D eigenvalue weighted by Gasteiger charge is -2.36. The molecule has 2 aromatic carbocycles. The lowest BCUT2D eigenvalue weighted by molar-refractivity contribution is -0.135. The summed E-state index contributed by atoms with van der Waals surface area (Å²) in [5.74, 6) is 1.10. The van der Waals surface area contributed by atoms with Crippen LogP contribution in [-0.4, -0.2) is 45.5 Å². The SMILES string of the molecule is COc1ccc(CCC(=O)N2CCCCC2CCn2cc(-c3ccccc3)nn2)cc1. The molecule has 1 atom stereocenters. The minimum atomic E-state index is 0.254. The molecular formula is C25H30N4O2.